The van der Waals surface area contributed by atoms with Crippen molar-refractivity contribution < 1.29 is 14.2 Å². The van der Waals surface area contributed by atoms with E-state index in [0.29, 0.717) is 34.6 Å². The monoisotopic (exact) mass is 339 g/mol. The van der Waals surface area contributed by atoms with Crippen molar-refractivity contribution >= 4 is 21.6 Å². The second-order valence-corrected chi connectivity index (χ2v) is 5.03. The number of halogens is 2. The summed E-state index contributed by atoms with van der Waals surface area (Å²) in [6, 6.07) is 10.1. The van der Waals surface area contributed by atoms with Crippen LogP contribution in [0.4, 0.5) is 10.1 Å². The van der Waals surface area contributed by atoms with Crippen molar-refractivity contribution in [3.63, 3.8) is 0 Å². The minimum atomic E-state index is -0.331. The summed E-state index contributed by atoms with van der Waals surface area (Å²) in [7, 11) is 0. The molecule has 0 spiro atoms. The number of phenolic OH excluding ortho intramolecular Hbond substituents is 1. The van der Waals surface area contributed by atoms with Gasteiger partial charge in [0.05, 0.1) is 11.1 Å². The summed E-state index contributed by atoms with van der Waals surface area (Å²) in [4.78, 5) is 0. The highest BCUT2D eigenvalue weighted by Crippen LogP contribution is 2.30. The van der Waals surface area contributed by atoms with Crippen LogP contribution in [0.3, 0.4) is 0 Å². The second kappa shape index (κ2) is 6.61. The molecule has 0 saturated heterocycles. The summed E-state index contributed by atoms with van der Waals surface area (Å²) in [6.07, 6.45) is 0. The number of para-hydroxylation sites is 1. The highest BCUT2D eigenvalue weighted by molar-refractivity contribution is 9.10. The maximum Gasteiger partial charge on any atom is 0.162 e. The molecule has 2 aromatic rings. The minimum absolute atomic E-state index is 0.111. The molecular formula is C15H15BrFNO2. The highest BCUT2D eigenvalue weighted by Gasteiger charge is 2.08. The van der Waals surface area contributed by atoms with Crippen LogP contribution in [-0.4, -0.2) is 11.7 Å². The summed E-state index contributed by atoms with van der Waals surface area (Å²) >= 11 is 3.10. The standard InChI is InChI=1S/C15H15BrFNO2/c1-2-20-14-5-3-4-10(15(14)19)9-18-11-6-7-12(16)13(17)8-11/h3-8,18-19H,2,9H2,1H3. The normalized spacial score (nSPS) is 10.3. The van der Waals surface area contributed by atoms with Crippen LogP contribution in [0.2, 0.25) is 0 Å². The van der Waals surface area contributed by atoms with Crippen LogP contribution in [0.25, 0.3) is 0 Å². The van der Waals surface area contributed by atoms with E-state index in [-0.39, 0.29) is 11.6 Å². The first-order chi connectivity index (χ1) is 9.61. The Morgan fingerprint density at radius 3 is 2.80 bits per heavy atom. The average molecular weight is 340 g/mol. The van der Waals surface area contributed by atoms with E-state index in [0.717, 1.165) is 0 Å². The number of hydrogen-bond donors (Lipinski definition) is 2. The maximum absolute atomic E-state index is 13.4. The van der Waals surface area contributed by atoms with Gasteiger partial charge in [0.2, 0.25) is 0 Å². The Morgan fingerprint density at radius 1 is 1.30 bits per heavy atom. The Morgan fingerprint density at radius 2 is 2.10 bits per heavy atom. The number of nitrogens with one attached hydrogen (secondary N) is 1. The van der Waals surface area contributed by atoms with Crippen LogP contribution in [0.5, 0.6) is 11.5 Å². The molecule has 0 aliphatic carbocycles. The number of benzene rings is 2. The fraction of sp³-hybridized carbons (Fsp3) is 0.200. The van der Waals surface area contributed by atoms with Crippen molar-refractivity contribution in [1.82, 2.24) is 0 Å². The Hall–Kier alpha value is -1.75. The summed E-state index contributed by atoms with van der Waals surface area (Å²) in [6.45, 7) is 2.73. The van der Waals surface area contributed by atoms with Crippen LogP contribution in [0.1, 0.15) is 12.5 Å². The van der Waals surface area contributed by atoms with Crippen molar-refractivity contribution in [2.45, 2.75) is 13.5 Å². The molecule has 5 heteroatoms. The SMILES string of the molecule is CCOc1cccc(CNc2ccc(Br)c(F)c2)c1O. The first-order valence-corrected chi connectivity index (χ1v) is 7.03. The van der Waals surface area contributed by atoms with E-state index in [2.05, 4.69) is 21.2 Å². The Labute approximate surface area is 125 Å². The Kier molecular flexibility index (Phi) is 4.84. The summed E-state index contributed by atoms with van der Waals surface area (Å²) in [5.41, 5.74) is 1.34. The molecule has 0 aliphatic rings. The molecule has 0 atom stereocenters. The zero-order valence-corrected chi connectivity index (χ0v) is 12.6. The first-order valence-electron chi connectivity index (χ1n) is 6.24. The third-order valence-corrected chi connectivity index (χ3v) is 3.43. The molecule has 2 aromatic carbocycles. The molecule has 0 heterocycles. The fourth-order valence-corrected chi connectivity index (χ4v) is 2.03. The lowest BCUT2D eigenvalue weighted by molar-refractivity contribution is 0.317. The van der Waals surface area contributed by atoms with Gasteiger partial charge in [0.15, 0.2) is 11.5 Å². The van der Waals surface area contributed by atoms with Crippen LogP contribution in [-0.2, 0) is 6.54 Å². The van der Waals surface area contributed by atoms with Crippen molar-refractivity contribution in [1.29, 1.82) is 0 Å². The van der Waals surface area contributed by atoms with Gasteiger partial charge in [0, 0.05) is 17.8 Å². The van der Waals surface area contributed by atoms with Gasteiger partial charge in [-0.3, -0.25) is 0 Å². The molecule has 0 fully saturated rings. The van der Waals surface area contributed by atoms with Gasteiger partial charge in [0.1, 0.15) is 5.82 Å². The van der Waals surface area contributed by atoms with Crippen LogP contribution in [0.15, 0.2) is 40.9 Å². The van der Waals surface area contributed by atoms with Crippen molar-refractivity contribution in [2.75, 3.05) is 11.9 Å². The predicted molar refractivity (Wildman–Crippen MR) is 80.7 cm³/mol. The zero-order chi connectivity index (χ0) is 14.5. The predicted octanol–water partition coefficient (Wildman–Crippen LogP) is 4.30. The molecule has 0 bridgehead atoms. The molecule has 3 nitrogen and oxygen atoms in total. The van der Waals surface area contributed by atoms with Gasteiger partial charge in [-0.05, 0) is 47.1 Å². The molecule has 0 amide bonds. The fourth-order valence-electron chi connectivity index (χ4n) is 1.79. The molecule has 20 heavy (non-hydrogen) atoms. The van der Waals surface area contributed by atoms with Crippen molar-refractivity contribution in [3.8, 4) is 11.5 Å². The number of rotatable bonds is 5. The topological polar surface area (TPSA) is 41.5 Å². The molecule has 0 aromatic heterocycles. The van der Waals surface area contributed by atoms with Gasteiger partial charge in [-0.1, -0.05) is 12.1 Å². The van der Waals surface area contributed by atoms with Crippen molar-refractivity contribution in [3.05, 3.63) is 52.3 Å². The molecule has 0 saturated carbocycles. The largest absolute Gasteiger partial charge is 0.504 e. The molecule has 106 valence electrons. The van der Waals surface area contributed by atoms with Gasteiger partial charge < -0.3 is 15.2 Å². The van der Waals surface area contributed by atoms with Gasteiger partial charge in [0.25, 0.3) is 0 Å². The van der Waals surface area contributed by atoms with Crippen LogP contribution < -0.4 is 10.1 Å². The smallest absolute Gasteiger partial charge is 0.162 e. The maximum atomic E-state index is 13.4. The van der Waals surface area contributed by atoms with Crippen LogP contribution in [0, 0.1) is 5.82 Å². The average Bonchev–Trinajstić information content (AvgIpc) is 2.44. The van der Waals surface area contributed by atoms with E-state index in [4.69, 9.17) is 4.74 Å². The number of aromatic hydroxyl groups is 1. The first kappa shape index (κ1) is 14.7. The summed E-state index contributed by atoms with van der Waals surface area (Å²) in [5, 5.41) is 13.1. The molecule has 2 rings (SSSR count). The molecule has 0 unspecified atom stereocenters. The number of ether oxygens (including phenoxy) is 1. The number of anilines is 1. The van der Waals surface area contributed by atoms with E-state index in [1.165, 1.54) is 6.07 Å². The third-order valence-electron chi connectivity index (χ3n) is 2.78. The summed E-state index contributed by atoms with van der Waals surface area (Å²) < 4.78 is 19.1. The van der Waals surface area contributed by atoms with Gasteiger partial charge in [-0.25, -0.2) is 4.39 Å². The van der Waals surface area contributed by atoms with Gasteiger partial charge >= 0.3 is 0 Å². The Bertz CT molecular complexity index is 604. The van der Waals surface area contributed by atoms with E-state index < -0.39 is 0 Å². The van der Waals surface area contributed by atoms with E-state index in [1.54, 1.807) is 24.3 Å². The third kappa shape index (κ3) is 3.42. The van der Waals surface area contributed by atoms with E-state index in [1.807, 2.05) is 13.0 Å². The molecular weight excluding hydrogens is 325 g/mol. The molecule has 0 radical (unpaired) electrons. The summed E-state index contributed by atoms with van der Waals surface area (Å²) in [5.74, 6) is 0.232. The number of phenols is 1. The van der Waals surface area contributed by atoms with Crippen LogP contribution >= 0.6 is 15.9 Å². The quantitative estimate of drug-likeness (QED) is 0.853. The Balaban J connectivity index is 2.10. The van der Waals surface area contributed by atoms with Crippen molar-refractivity contribution in [2.24, 2.45) is 0 Å². The lowest BCUT2D eigenvalue weighted by Crippen LogP contribution is -2.01. The van der Waals surface area contributed by atoms with E-state index >= 15 is 0 Å². The zero-order valence-electron chi connectivity index (χ0n) is 11.0. The number of hydrogen-bond acceptors (Lipinski definition) is 3. The lowest BCUT2D eigenvalue weighted by atomic mass is 10.2. The molecule has 0 aliphatic heterocycles. The van der Waals surface area contributed by atoms with Gasteiger partial charge in [-0.15, -0.1) is 0 Å². The minimum Gasteiger partial charge on any atom is -0.504 e. The lowest BCUT2D eigenvalue weighted by Gasteiger charge is -2.12. The highest BCUT2D eigenvalue weighted by atomic mass is 79.9. The molecule has 2 N–H and O–H groups in total. The van der Waals surface area contributed by atoms with Gasteiger partial charge in [-0.2, -0.15) is 0 Å². The van der Waals surface area contributed by atoms with E-state index in [9.17, 15) is 9.50 Å². The second-order valence-electron chi connectivity index (χ2n) is 4.18.